The number of carbonyl (C=O) groups excluding carboxylic acids is 1. The normalized spacial score (nSPS) is 19.7. The highest BCUT2D eigenvalue weighted by atomic mass is 32.2. The van der Waals surface area contributed by atoms with E-state index < -0.39 is 38.7 Å². The number of hydrogen-bond acceptors (Lipinski definition) is 3. The third-order valence-corrected chi connectivity index (χ3v) is 5.62. The molecule has 1 aromatic carbocycles. The second kappa shape index (κ2) is 6.36. The van der Waals surface area contributed by atoms with E-state index in [1.165, 1.54) is 6.07 Å². The lowest BCUT2D eigenvalue weighted by atomic mass is 10.2. The number of urea groups is 1. The lowest BCUT2D eigenvalue weighted by Crippen LogP contribution is -2.44. The molecule has 23 heavy (non-hydrogen) atoms. The summed E-state index contributed by atoms with van der Waals surface area (Å²) in [4.78, 5) is 9.98. The molecule has 0 saturated carbocycles. The monoisotopic (exact) mass is 351 g/mol. The van der Waals surface area contributed by atoms with Crippen molar-refractivity contribution in [2.75, 3.05) is 13.1 Å². The number of hydrogen-bond donors (Lipinski definition) is 2. The van der Waals surface area contributed by atoms with Crippen molar-refractivity contribution >= 4 is 16.1 Å². The van der Waals surface area contributed by atoms with Gasteiger partial charge >= 0.3 is 12.2 Å². The molecule has 1 saturated heterocycles. The Morgan fingerprint density at radius 3 is 2.61 bits per heavy atom. The molecule has 2 amide bonds. The van der Waals surface area contributed by atoms with Crippen molar-refractivity contribution in [2.45, 2.75) is 30.0 Å². The quantitative estimate of drug-likeness (QED) is 0.861. The molecule has 128 valence electrons. The lowest BCUT2D eigenvalue weighted by Gasteiger charge is -2.25. The van der Waals surface area contributed by atoms with Crippen molar-refractivity contribution in [1.29, 1.82) is 0 Å². The third kappa shape index (κ3) is 3.75. The van der Waals surface area contributed by atoms with Gasteiger partial charge in [-0.05, 0) is 25.0 Å². The van der Waals surface area contributed by atoms with Gasteiger partial charge in [0.1, 0.15) is 0 Å². The van der Waals surface area contributed by atoms with E-state index in [0.717, 1.165) is 22.5 Å². The van der Waals surface area contributed by atoms with Crippen LogP contribution in [0.3, 0.4) is 0 Å². The number of halogens is 3. The number of amides is 2. The highest BCUT2D eigenvalue weighted by Crippen LogP contribution is 2.36. The molecule has 0 aliphatic carbocycles. The van der Waals surface area contributed by atoms with Crippen LogP contribution in [0.4, 0.5) is 18.0 Å². The van der Waals surface area contributed by atoms with E-state index >= 15 is 0 Å². The Balaban J connectivity index is 2.37. The molecule has 1 unspecified atom stereocenters. The fraction of sp³-hybridized carbons (Fsp3) is 0.462. The molecule has 3 N–H and O–H groups in total. The summed E-state index contributed by atoms with van der Waals surface area (Å²) in [5.41, 5.74) is 3.75. The molecule has 0 spiro atoms. The Morgan fingerprint density at radius 2 is 2.00 bits per heavy atom. The Morgan fingerprint density at radius 1 is 1.35 bits per heavy atom. The van der Waals surface area contributed by atoms with E-state index in [4.69, 9.17) is 5.73 Å². The van der Waals surface area contributed by atoms with Crippen LogP contribution in [0.1, 0.15) is 18.4 Å². The van der Waals surface area contributed by atoms with Crippen LogP contribution in [0.15, 0.2) is 29.2 Å². The average molecular weight is 351 g/mol. The van der Waals surface area contributed by atoms with Crippen LogP contribution in [0.5, 0.6) is 0 Å². The first-order chi connectivity index (χ1) is 10.6. The zero-order chi connectivity index (χ0) is 17.3. The minimum absolute atomic E-state index is 0.0389. The van der Waals surface area contributed by atoms with Gasteiger partial charge in [-0.2, -0.15) is 17.5 Å². The highest BCUT2D eigenvalue weighted by molar-refractivity contribution is 7.89. The fourth-order valence-electron chi connectivity index (χ4n) is 2.60. The Kier molecular flexibility index (Phi) is 4.85. The zero-order valence-corrected chi connectivity index (χ0v) is 12.8. The third-order valence-electron chi connectivity index (χ3n) is 3.61. The van der Waals surface area contributed by atoms with E-state index in [9.17, 15) is 26.4 Å². The maximum absolute atomic E-state index is 13.1. The number of nitrogens with zero attached hydrogens (tertiary/aromatic N) is 1. The summed E-state index contributed by atoms with van der Waals surface area (Å²) in [6.07, 6.45) is -3.84. The van der Waals surface area contributed by atoms with Gasteiger partial charge in [0.2, 0.25) is 10.0 Å². The number of rotatable bonds is 4. The number of alkyl halides is 3. The van der Waals surface area contributed by atoms with Gasteiger partial charge in [0.05, 0.1) is 10.5 Å². The minimum atomic E-state index is -4.77. The van der Waals surface area contributed by atoms with Gasteiger partial charge in [-0.3, -0.25) is 0 Å². The van der Waals surface area contributed by atoms with Crippen LogP contribution in [0.25, 0.3) is 0 Å². The van der Waals surface area contributed by atoms with Crippen molar-refractivity contribution in [3.8, 4) is 0 Å². The van der Waals surface area contributed by atoms with Gasteiger partial charge < -0.3 is 11.1 Å². The summed E-state index contributed by atoms with van der Waals surface area (Å²) in [5.74, 6) is 0. The maximum atomic E-state index is 13.1. The van der Waals surface area contributed by atoms with E-state index in [1.54, 1.807) is 0 Å². The topological polar surface area (TPSA) is 92.5 Å². The lowest BCUT2D eigenvalue weighted by molar-refractivity contribution is -0.139. The van der Waals surface area contributed by atoms with Crippen molar-refractivity contribution in [3.05, 3.63) is 29.8 Å². The van der Waals surface area contributed by atoms with Crippen LogP contribution in [-0.4, -0.2) is 37.9 Å². The predicted molar refractivity (Wildman–Crippen MR) is 75.9 cm³/mol. The smallest absolute Gasteiger partial charge is 0.352 e. The van der Waals surface area contributed by atoms with E-state index in [-0.39, 0.29) is 13.1 Å². The van der Waals surface area contributed by atoms with Crippen LogP contribution < -0.4 is 11.1 Å². The van der Waals surface area contributed by atoms with Gasteiger partial charge in [-0.25, -0.2) is 13.2 Å². The van der Waals surface area contributed by atoms with Crippen LogP contribution in [0.2, 0.25) is 0 Å². The summed E-state index contributed by atoms with van der Waals surface area (Å²) in [6.45, 7) is 0.0579. The van der Waals surface area contributed by atoms with Crippen molar-refractivity contribution in [3.63, 3.8) is 0 Å². The van der Waals surface area contributed by atoms with Crippen LogP contribution in [-0.2, 0) is 16.2 Å². The summed E-state index contributed by atoms with van der Waals surface area (Å²) >= 11 is 0. The highest BCUT2D eigenvalue weighted by Gasteiger charge is 2.41. The first-order valence-corrected chi connectivity index (χ1v) is 8.29. The number of carbonyl (C=O) groups is 1. The predicted octanol–water partition coefficient (Wildman–Crippen LogP) is 1.53. The molecule has 0 bridgehead atoms. The molecular formula is C13H16F3N3O3S. The molecule has 2 rings (SSSR count). The molecule has 10 heteroatoms. The SMILES string of the molecule is NC(=O)NCC1CCCN1S(=O)(=O)c1ccccc1C(F)(F)F. The average Bonchev–Trinajstić information content (AvgIpc) is 2.93. The molecule has 0 radical (unpaired) electrons. The van der Waals surface area contributed by atoms with E-state index in [2.05, 4.69) is 5.32 Å². The van der Waals surface area contributed by atoms with E-state index in [1.807, 2.05) is 0 Å². The van der Waals surface area contributed by atoms with Gasteiger partial charge in [0.25, 0.3) is 0 Å². The molecule has 1 aliphatic heterocycles. The van der Waals surface area contributed by atoms with Crippen molar-refractivity contribution < 1.29 is 26.4 Å². The Hall–Kier alpha value is -1.81. The second-order valence-corrected chi connectivity index (χ2v) is 7.01. The summed E-state index contributed by atoms with van der Waals surface area (Å²) in [5, 5.41) is 2.30. The van der Waals surface area contributed by atoms with Gasteiger partial charge in [0, 0.05) is 19.1 Å². The summed E-state index contributed by atoms with van der Waals surface area (Å²) in [6, 6.07) is 2.63. The first kappa shape index (κ1) is 17.5. The molecular weight excluding hydrogens is 335 g/mol. The summed E-state index contributed by atoms with van der Waals surface area (Å²) < 4.78 is 65.5. The molecule has 6 nitrogen and oxygen atoms in total. The first-order valence-electron chi connectivity index (χ1n) is 6.85. The molecule has 1 fully saturated rings. The summed E-state index contributed by atoms with van der Waals surface area (Å²) in [7, 11) is -4.33. The molecule has 1 aromatic rings. The Labute approximate surface area is 131 Å². The largest absolute Gasteiger partial charge is 0.417 e. The zero-order valence-electron chi connectivity index (χ0n) is 12.0. The molecule has 1 heterocycles. The number of sulfonamides is 1. The number of nitrogens with two attached hydrogens (primary N) is 1. The second-order valence-electron chi connectivity index (χ2n) is 5.15. The fourth-order valence-corrected chi connectivity index (χ4v) is 4.51. The molecule has 1 aliphatic rings. The molecule has 0 aromatic heterocycles. The Bertz CT molecular complexity index is 691. The van der Waals surface area contributed by atoms with Gasteiger partial charge in [-0.15, -0.1) is 0 Å². The minimum Gasteiger partial charge on any atom is -0.352 e. The van der Waals surface area contributed by atoms with E-state index in [0.29, 0.717) is 12.8 Å². The number of benzene rings is 1. The molecule has 1 atom stereocenters. The van der Waals surface area contributed by atoms with Gasteiger partial charge in [0.15, 0.2) is 0 Å². The van der Waals surface area contributed by atoms with Gasteiger partial charge in [-0.1, -0.05) is 12.1 Å². The maximum Gasteiger partial charge on any atom is 0.417 e. The number of nitrogens with one attached hydrogen (secondary N) is 1. The number of primary amides is 1. The van der Waals surface area contributed by atoms with Crippen LogP contribution >= 0.6 is 0 Å². The van der Waals surface area contributed by atoms with Crippen molar-refractivity contribution in [1.82, 2.24) is 9.62 Å². The van der Waals surface area contributed by atoms with Crippen molar-refractivity contribution in [2.24, 2.45) is 5.73 Å². The van der Waals surface area contributed by atoms with Crippen LogP contribution in [0, 0.1) is 0 Å². The standard InChI is InChI=1S/C13H16F3N3O3S/c14-13(15,16)10-5-1-2-6-11(10)23(21,22)19-7-3-4-9(19)8-18-12(17)20/h1-2,5-6,9H,3-4,7-8H2,(H3,17,18,20).